The molecule has 0 saturated carbocycles. The van der Waals surface area contributed by atoms with Gasteiger partial charge < -0.3 is 4.74 Å². The zero-order valence-electron chi connectivity index (χ0n) is 9.76. The molecule has 1 heterocycles. The molecule has 5 nitrogen and oxygen atoms in total. The summed E-state index contributed by atoms with van der Waals surface area (Å²) in [5.41, 5.74) is 0.334. The fourth-order valence-corrected chi connectivity index (χ4v) is 1.83. The second kappa shape index (κ2) is 5.31. The van der Waals surface area contributed by atoms with Gasteiger partial charge in [0.05, 0.1) is 9.40 Å². The van der Waals surface area contributed by atoms with E-state index in [9.17, 15) is 14.5 Å². The van der Waals surface area contributed by atoms with Crippen molar-refractivity contribution in [3.05, 3.63) is 56.4 Å². The van der Waals surface area contributed by atoms with E-state index in [2.05, 4.69) is 20.9 Å². The van der Waals surface area contributed by atoms with Crippen molar-refractivity contribution in [1.29, 1.82) is 0 Å². The summed E-state index contributed by atoms with van der Waals surface area (Å²) in [6, 6.07) is 6.60. The SMILES string of the molecule is Cc1ccc([N+](=O)[O-])c(Oc2ccc(F)cc2Br)n1. The van der Waals surface area contributed by atoms with E-state index in [1.165, 1.54) is 30.3 Å². The topological polar surface area (TPSA) is 65.3 Å². The molecule has 98 valence electrons. The smallest absolute Gasteiger partial charge is 0.331 e. The minimum absolute atomic E-state index is 0.127. The molecule has 7 heteroatoms. The molecule has 0 aliphatic rings. The highest BCUT2D eigenvalue weighted by Crippen LogP contribution is 2.33. The zero-order valence-corrected chi connectivity index (χ0v) is 11.3. The van der Waals surface area contributed by atoms with E-state index < -0.39 is 10.7 Å². The Hall–Kier alpha value is -2.02. The van der Waals surface area contributed by atoms with E-state index >= 15 is 0 Å². The molecule has 0 atom stereocenters. The molecule has 2 aromatic rings. The van der Waals surface area contributed by atoms with Crippen molar-refractivity contribution in [1.82, 2.24) is 4.98 Å². The van der Waals surface area contributed by atoms with Gasteiger partial charge in [-0.2, -0.15) is 0 Å². The van der Waals surface area contributed by atoms with Gasteiger partial charge >= 0.3 is 5.69 Å². The monoisotopic (exact) mass is 326 g/mol. The predicted octanol–water partition coefficient (Wildman–Crippen LogP) is 3.99. The van der Waals surface area contributed by atoms with Crippen LogP contribution in [-0.4, -0.2) is 9.91 Å². The number of ether oxygens (including phenoxy) is 1. The highest BCUT2D eigenvalue weighted by atomic mass is 79.9. The van der Waals surface area contributed by atoms with E-state index in [-0.39, 0.29) is 17.3 Å². The number of halogens is 2. The second-order valence-corrected chi connectivity index (χ2v) is 4.57. The molecule has 0 aliphatic carbocycles. The standard InChI is InChI=1S/C12H8BrFN2O3/c1-7-2-4-10(16(17)18)12(15-7)19-11-5-3-8(14)6-9(11)13/h2-6H,1H3. The number of aromatic nitrogens is 1. The van der Waals surface area contributed by atoms with Crippen LogP contribution in [0.5, 0.6) is 11.6 Å². The van der Waals surface area contributed by atoms with Crippen LogP contribution in [-0.2, 0) is 0 Å². The maximum atomic E-state index is 12.9. The van der Waals surface area contributed by atoms with E-state index in [0.29, 0.717) is 10.2 Å². The highest BCUT2D eigenvalue weighted by molar-refractivity contribution is 9.10. The Bertz CT molecular complexity index is 649. The lowest BCUT2D eigenvalue weighted by atomic mass is 10.3. The van der Waals surface area contributed by atoms with Crippen molar-refractivity contribution in [2.75, 3.05) is 0 Å². The summed E-state index contributed by atoms with van der Waals surface area (Å²) in [6.07, 6.45) is 0. The largest absolute Gasteiger partial charge is 0.432 e. The lowest BCUT2D eigenvalue weighted by Gasteiger charge is -2.07. The summed E-state index contributed by atoms with van der Waals surface area (Å²) in [5, 5.41) is 10.9. The van der Waals surface area contributed by atoms with Crippen LogP contribution in [0.3, 0.4) is 0 Å². The summed E-state index contributed by atoms with van der Waals surface area (Å²) in [6.45, 7) is 1.69. The Morgan fingerprint density at radius 2 is 2.11 bits per heavy atom. The van der Waals surface area contributed by atoms with Gasteiger partial charge in [0.2, 0.25) is 0 Å². The van der Waals surface area contributed by atoms with Crippen LogP contribution in [0, 0.1) is 22.9 Å². The van der Waals surface area contributed by atoms with E-state index in [0.717, 1.165) is 0 Å². The Morgan fingerprint density at radius 3 is 2.74 bits per heavy atom. The number of nitro groups is 1. The Balaban J connectivity index is 2.42. The lowest BCUT2D eigenvalue weighted by Crippen LogP contribution is -1.97. The Kier molecular flexibility index (Phi) is 3.75. The van der Waals surface area contributed by atoms with Crippen molar-refractivity contribution in [3.63, 3.8) is 0 Å². The summed E-state index contributed by atoms with van der Waals surface area (Å²) < 4.78 is 18.7. The molecule has 0 N–H and O–H groups in total. The molecule has 0 aliphatic heterocycles. The van der Waals surface area contributed by atoms with Gasteiger partial charge in [0.25, 0.3) is 5.88 Å². The van der Waals surface area contributed by atoms with Gasteiger partial charge in [0, 0.05) is 11.8 Å². The molecule has 1 aromatic carbocycles. The van der Waals surface area contributed by atoms with Gasteiger partial charge in [-0.15, -0.1) is 0 Å². The van der Waals surface area contributed by atoms with Crippen molar-refractivity contribution >= 4 is 21.6 Å². The first-order valence-corrected chi connectivity index (χ1v) is 6.01. The first kappa shape index (κ1) is 13.4. The third-order valence-electron chi connectivity index (χ3n) is 2.28. The van der Waals surface area contributed by atoms with Crippen molar-refractivity contribution < 1.29 is 14.1 Å². The third-order valence-corrected chi connectivity index (χ3v) is 2.90. The molecule has 0 amide bonds. The lowest BCUT2D eigenvalue weighted by molar-refractivity contribution is -0.386. The number of hydrogen-bond donors (Lipinski definition) is 0. The summed E-state index contributed by atoms with van der Waals surface area (Å²) in [4.78, 5) is 14.3. The third kappa shape index (κ3) is 3.05. The van der Waals surface area contributed by atoms with Crippen LogP contribution in [0.1, 0.15) is 5.69 Å². The molecule has 1 aromatic heterocycles. The molecule has 0 saturated heterocycles. The van der Waals surface area contributed by atoms with Crippen molar-refractivity contribution in [2.24, 2.45) is 0 Å². The molecule has 19 heavy (non-hydrogen) atoms. The zero-order chi connectivity index (χ0) is 14.0. The molecule has 0 unspecified atom stereocenters. The van der Waals surface area contributed by atoms with E-state index in [1.54, 1.807) is 6.92 Å². The maximum Gasteiger partial charge on any atom is 0.331 e. The van der Waals surface area contributed by atoms with Crippen LogP contribution in [0.25, 0.3) is 0 Å². The molecular weight excluding hydrogens is 319 g/mol. The summed E-state index contributed by atoms with van der Waals surface area (Å²) in [7, 11) is 0. The molecule has 2 rings (SSSR count). The number of pyridine rings is 1. The van der Waals surface area contributed by atoms with Gasteiger partial charge in [-0.05, 0) is 47.1 Å². The minimum atomic E-state index is -0.584. The second-order valence-electron chi connectivity index (χ2n) is 3.71. The highest BCUT2D eigenvalue weighted by Gasteiger charge is 2.18. The van der Waals surface area contributed by atoms with Gasteiger partial charge in [-0.1, -0.05) is 0 Å². The summed E-state index contributed by atoms with van der Waals surface area (Å²) >= 11 is 3.12. The van der Waals surface area contributed by atoms with Crippen LogP contribution >= 0.6 is 15.9 Å². The predicted molar refractivity (Wildman–Crippen MR) is 69.8 cm³/mol. The molecule has 0 fully saturated rings. The summed E-state index contributed by atoms with van der Waals surface area (Å²) in [5.74, 6) is -0.314. The maximum absolute atomic E-state index is 12.9. The number of nitrogens with zero attached hydrogens (tertiary/aromatic N) is 2. The minimum Gasteiger partial charge on any atom is -0.432 e. The first-order chi connectivity index (χ1) is 8.97. The molecule has 0 spiro atoms. The van der Waals surface area contributed by atoms with Crippen molar-refractivity contribution in [2.45, 2.75) is 6.92 Å². The normalized spacial score (nSPS) is 10.3. The van der Waals surface area contributed by atoms with Gasteiger partial charge in [0.15, 0.2) is 0 Å². The molecular formula is C12H8BrFN2O3. The van der Waals surface area contributed by atoms with Crippen LogP contribution < -0.4 is 4.74 Å². The van der Waals surface area contributed by atoms with Crippen molar-refractivity contribution in [3.8, 4) is 11.6 Å². The molecule has 0 radical (unpaired) electrons. The first-order valence-electron chi connectivity index (χ1n) is 5.22. The van der Waals surface area contributed by atoms with Crippen LogP contribution in [0.2, 0.25) is 0 Å². The van der Waals surface area contributed by atoms with Gasteiger partial charge in [-0.25, -0.2) is 9.37 Å². The fourth-order valence-electron chi connectivity index (χ4n) is 1.40. The van der Waals surface area contributed by atoms with Crippen LogP contribution in [0.4, 0.5) is 10.1 Å². The average molecular weight is 327 g/mol. The van der Waals surface area contributed by atoms with Crippen LogP contribution in [0.15, 0.2) is 34.8 Å². The number of benzene rings is 1. The van der Waals surface area contributed by atoms with E-state index in [4.69, 9.17) is 4.74 Å². The Morgan fingerprint density at radius 1 is 1.37 bits per heavy atom. The fraction of sp³-hybridized carbons (Fsp3) is 0.0833. The number of aryl methyl sites for hydroxylation is 1. The average Bonchev–Trinajstić information content (AvgIpc) is 2.32. The van der Waals surface area contributed by atoms with Gasteiger partial charge in [0.1, 0.15) is 11.6 Å². The van der Waals surface area contributed by atoms with Gasteiger partial charge in [-0.3, -0.25) is 10.1 Å². The Labute approximate surface area is 116 Å². The van der Waals surface area contributed by atoms with E-state index in [1.807, 2.05) is 0 Å². The quantitative estimate of drug-likeness (QED) is 0.631. The number of hydrogen-bond acceptors (Lipinski definition) is 4. The number of rotatable bonds is 3. The molecule has 0 bridgehead atoms.